The number of benzene rings is 1. The molecule has 1 aromatic rings. The Hall–Kier alpha value is -1.55. The molecule has 1 unspecified atom stereocenters. The highest BCUT2D eigenvalue weighted by Gasteiger charge is 2.46. The Labute approximate surface area is 101 Å². The second-order valence-corrected chi connectivity index (χ2v) is 4.70. The van der Waals surface area contributed by atoms with E-state index in [4.69, 9.17) is 4.74 Å². The maximum atomic E-state index is 11.4. The maximum absolute atomic E-state index is 11.4. The SMILES string of the molecule is Cc1ccc(OC2(C(=O)O)CCN(C)C2)cc1. The average Bonchev–Trinajstić information content (AvgIpc) is 2.65. The lowest BCUT2D eigenvalue weighted by Gasteiger charge is -2.25. The molecule has 0 amide bonds. The second-order valence-electron chi connectivity index (χ2n) is 4.70. The number of likely N-dealkylation sites (N-methyl/N-ethyl adjacent to an activating group) is 1. The molecule has 1 saturated heterocycles. The summed E-state index contributed by atoms with van der Waals surface area (Å²) in [6, 6.07) is 7.48. The predicted molar refractivity (Wildman–Crippen MR) is 64.3 cm³/mol. The minimum atomic E-state index is -1.09. The van der Waals surface area contributed by atoms with Crippen molar-refractivity contribution in [2.24, 2.45) is 0 Å². The Balaban J connectivity index is 2.19. The highest BCUT2D eigenvalue weighted by molar-refractivity contribution is 5.78. The van der Waals surface area contributed by atoms with Crippen molar-refractivity contribution in [1.82, 2.24) is 4.90 Å². The Morgan fingerprint density at radius 1 is 1.41 bits per heavy atom. The Bertz CT molecular complexity index is 415. The fourth-order valence-electron chi connectivity index (χ4n) is 2.10. The number of hydrogen-bond acceptors (Lipinski definition) is 3. The van der Waals surface area contributed by atoms with Crippen LogP contribution in [0.4, 0.5) is 0 Å². The molecule has 4 heteroatoms. The molecule has 1 aliphatic rings. The van der Waals surface area contributed by atoms with E-state index in [1.165, 1.54) is 0 Å². The number of aliphatic carboxylic acids is 1. The summed E-state index contributed by atoms with van der Waals surface area (Å²) >= 11 is 0. The van der Waals surface area contributed by atoms with Crippen molar-refractivity contribution < 1.29 is 14.6 Å². The molecule has 1 aromatic carbocycles. The Morgan fingerprint density at radius 3 is 2.53 bits per heavy atom. The van der Waals surface area contributed by atoms with E-state index in [0.29, 0.717) is 18.7 Å². The number of carbonyl (C=O) groups is 1. The molecule has 2 rings (SSSR count). The fraction of sp³-hybridized carbons (Fsp3) is 0.462. The van der Waals surface area contributed by atoms with E-state index < -0.39 is 11.6 Å². The molecule has 1 fully saturated rings. The molecule has 0 spiro atoms. The third kappa shape index (κ3) is 2.42. The van der Waals surface area contributed by atoms with Gasteiger partial charge in [-0.25, -0.2) is 4.79 Å². The summed E-state index contributed by atoms with van der Waals surface area (Å²) in [6.07, 6.45) is 0.521. The average molecular weight is 235 g/mol. The summed E-state index contributed by atoms with van der Waals surface area (Å²) in [5.74, 6) is -0.268. The van der Waals surface area contributed by atoms with Gasteiger partial charge in [0, 0.05) is 19.5 Å². The summed E-state index contributed by atoms with van der Waals surface area (Å²) < 4.78 is 5.71. The number of carboxylic acids is 1. The number of hydrogen-bond donors (Lipinski definition) is 1. The predicted octanol–water partition coefficient (Wildman–Crippen LogP) is 1.53. The number of likely N-dealkylation sites (tertiary alicyclic amines) is 1. The normalized spacial score (nSPS) is 24.8. The van der Waals surface area contributed by atoms with Gasteiger partial charge in [0.15, 0.2) is 0 Å². The summed E-state index contributed by atoms with van der Waals surface area (Å²) in [7, 11) is 1.91. The molecule has 0 bridgehead atoms. The molecule has 0 aromatic heterocycles. The van der Waals surface area contributed by atoms with Crippen LogP contribution >= 0.6 is 0 Å². The molecule has 1 atom stereocenters. The minimum absolute atomic E-state index is 0.427. The standard InChI is InChI=1S/C13H17NO3/c1-10-3-5-11(6-4-10)17-13(12(15)16)7-8-14(2)9-13/h3-6H,7-9H2,1-2H3,(H,15,16). The first-order valence-corrected chi connectivity index (χ1v) is 5.69. The number of nitrogens with zero attached hydrogens (tertiary/aromatic N) is 1. The highest BCUT2D eigenvalue weighted by atomic mass is 16.5. The molecule has 4 nitrogen and oxygen atoms in total. The van der Waals surface area contributed by atoms with E-state index in [2.05, 4.69) is 0 Å². The van der Waals surface area contributed by atoms with Gasteiger partial charge in [0.2, 0.25) is 5.60 Å². The first kappa shape index (κ1) is 11.9. The van der Waals surface area contributed by atoms with Gasteiger partial charge in [-0.15, -0.1) is 0 Å². The van der Waals surface area contributed by atoms with Crippen molar-refractivity contribution in [3.05, 3.63) is 29.8 Å². The smallest absolute Gasteiger partial charge is 0.349 e. The lowest BCUT2D eigenvalue weighted by Crippen LogP contribution is -2.46. The molecule has 17 heavy (non-hydrogen) atoms. The number of aryl methyl sites for hydroxylation is 1. The van der Waals surface area contributed by atoms with Gasteiger partial charge in [-0.2, -0.15) is 0 Å². The van der Waals surface area contributed by atoms with Crippen molar-refractivity contribution in [2.45, 2.75) is 18.9 Å². The molecule has 0 radical (unpaired) electrons. The summed E-state index contributed by atoms with van der Waals surface area (Å²) in [4.78, 5) is 13.4. The van der Waals surface area contributed by atoms with Gasteiger partial charge in [-0.3, -0.25) is 0 Å². The van der Waals surface area contributed by atoms with Gasteiger partial charge in [-0.1, -0.05) is 17.7 Å². The molecule has 1 N–H and O–H groups in total. The van der Waals surface area contributed by atoms with Crippen LogP contribution in [0.25, 0.3) is 0 Å². The number of carboxylic acid groups (broad SMARTS) is 1. The van der Waals surface area contributed by atoms with Crippen LogP contribution in [-0.4, -0.2) is 41.7 Å². The zero-order chi connectivity index (χ0) is 12.5. The van der Waals surface area contributed by atoms with Gasteiger partial charge in [-0.05, 0) is 26.1 Å². The van der Waals surface area contributed by atoms with Gasteiger partial charge in [0.1, 0.15) is 5.75 Å². The minimum Gasteiger partial charge on any atom is -0.478 e. The molecule has 92 valence electrons. The van der Waals surface area contributed by atoms with Crippen LogP contribution in [0.1, 0.15) is 12.0 Å². The molecule has 0 saturated carbocycles. The maximum Gasteiger partial charge on any atom is 0.349 e. The Kier molecular flexibility index (Phi) is 3.07. The third-order valence-electron chi connectivity index (χ3n) is 3.15. The van der Waals surface area contributed by atoms with Crippen molar-refractivity contribution >= 4 is 5.97 Å². The fourth-order valence-corrected chi connectivity index (χ4v) is 2.10. The number of ether oxygens (including phenoxy) is 1. The zero-order valence-corrected chi connectivity index (χ0v) is 10.1. The van der Waals surface area contributed by atoms with E-state index in [-0.39, 0.29) is 0 Å². The van der Waals surface area contributed by atoms with Crippen molar-refractivity contribution in [3.63, 3.8) is 0 Å². The van der Waals surface area contributed by atoms with Crippen LogP contribution in [0.3, 0.4) is 0 Å². The summed E-state index contributed by atoms with van der Waals surface area (Å²) in [6.45, 7) is 3.16. The van der Waals surface area contributed by atoms with Crippen LogP contribution in [-0.2, 0) is 4.79 Å². The van der Waals surface area contributed by atoms with Gasteiger partial charge in [0.25, 0.3) is 0 Å². The van der Waals surface area contributed by atoms with Crippen molar-refractivity contribution in [1.29, 1.82) is 0 Å². The summed E-state index contributed by atoms with van der Waals surface area (Å²) in [5.41, 5.74) is 0.0366. The lowest BCUT2D eigenvalue weighted by atomic mass is 10.0. The quantitative estimate of drug-likeness (QED) is 0.863. The largest absolute Gasteiger partial charge is 0.478 e. The van der Waals surface area contributed by atoms with E-state index >= 15 is 0 Å². The van der Waals surface area contributed by atoms with Gasteiger partial charge < -0.3 is 14.7 Å². The monoisotopic (exact) mass is 235 g/mol. The molecular formula is C13H17NO3. The molecule has 0 aliphatic carbocycles. The Morgan fingerprint density at radius 2 is 2.06 bits per heavy atom. The van der Waals surface area contributed by atoms with Crippen LogP contribution < -0.4 is 4.74 Å². The summed E-state index contributed by atoms with van der Waals surface area (Å²) in [5, 5.41) is 9.35. The van der Waals surface area contributed by atoms with E-state index in [0.717, 1.165) is 12.1 Å². The van der Waals surface area contributed by atoms with Crippen molar-refractivity contribution in [3.8, 4) is 5.75 Å². The molecule has 1 aliphatic heterocycles. The first-order chi connectivity index (χ1) is 8.02. The molecular weight excluding hydrogens is 218 g/mol. The first-order valence-electron chi connectivity index (χ1n) is 5.69. The lowest BCUT2D eigenvalue weighted by molar-refractivity contribution is -0.154. The van der Waals surface area contributed by atoms with Crippen LogP contribution in [0.5, 0.6) is 5.75 Å². The van der Waals surface area contributed by atoms with Crippen LogP contribution in [0.15, 0.2) is 24.3 Å². The molecule has 1 heterocycles. The van der Waals surface area contributed by atoms with E-state index in [1.807, 2.05) is 43.1 Å². The van der Waals surface area contributed by atoms with Crippen molar-refractivity contribution in [2.75, 3.05) is 20.1 Å². The van der Waals surface area contributed by atoms with E-state index in [9.17, 15) is 9.90 Å². The highest BCUT2D eigenvalue weighted by Crippen LogP contribution is 2.27. The van der Waals surface area contributed by atoms with Crippen LogP contribution in [0, 0.1) is 6.92 Å². The van der Waals surface area contributed by atoms with Gasteiger partial charge >= 0.3 is 5.97 Å². The van der Waals surface area contributed by atoms with Crippen LogP contribution in [0.2, 0.25) is 0 Å². The second kappa shape index (κ2) is 4.37. The number of rotatable bonds is 3. The van der Waals surface area contributed by atoms with Gasteiger partial charge in [0.05, 0.1) is 0 Å². The third-order valence-corrected chi connectivity index (χ3v) is 3.15. The van der Waals surface area contributed by atoms with E-state index in [1.54, 1.807) is 0 Å². The zero-order valence-electron chi connectivity index (χ0n) is 10.1. The topological polar surface area (TPSA) is 49.8 Å².